The van der Waals surface area contributed by atoms with Gasteiger partial charge in [-0.05, 0) is 43.4 Å². The fourth-order valence-corrected chi connectivity index (χ4v) is 4.52. The molecule has 1 aliphatic heterocycles. The first-order valence-corrected chi connectivity index (χ1v) is 11.1. The number of benzene rings is 2. The maximum absolute atomic E-state index is 12.6. The topological polar surface area (TPSA) is 58.1 Å². The smallest absolute Gasteiger partial charge is 0.229 e. The van der Waals surface area contributed by atoms with E-state index >= 15 is 0 Å². The highest BCUT2D eigenvalue weighted by molar-refractivity contribution is 7.15. The Morgan fingerprint density at radius 3 is 2.38 bits per heavy atom. The first kappa shape index (κ1) is 19.6. The summed E-state index contributed by atoms with van der Waals surface area (Å²) in [6, 6.07) is 20.9. The van der Waals surface area contributed by atoms with Gasteiger partial charge in [-0.3, -0.25) is 4.79 Å². The Morgan fingerprint density at radius 2 is 1.66 bits per heavy atom. The van der Waals surface area contributed by atoms with E-state index in [0.717, 1.165) is 50.2 Å². The van der Waals surface area contributed by atoms with E-state index in [9.17, 15) is 4.79 Å². The zero-order valence-electron chi connectivity index (χ0n) is 16.5. The molecule has 29 heavy (non-hydrogen) atoms. The molecule has 150 valence electrons. The second-order valence-corrected chi connectivity index (χ2v) is 8.49. The fraction of sp³-hybridized carbons (Fsp3) is 0.348. The van der Waals surface area contributed by atoms with Crippen LogP contribution in [0.25, 0.3) is 0 Å². The largest absolute Gasteiger partial charge is 0.371 e. The van der Waals surface area contributed by atoms with Gasteiger partial charge in [-0.1, -0.05) is 59.9 Å². The molecule has 4 rings (SSSR count). The molecule has 1 aliphatic rings. The number of para-hydroxylation sites is 1. The average Bonchev–Trinajstić information content (AvgIpc) is 3.22. The quantitative estimate of drug-likeness (QED) is 0.624. The zero-order valence-corrected chi connectivity index (χ0v) is 17.3. The lowest BCUT2D eigenvalue weighted by Crippen LogP contribution is -2.38. The number of amides is 1. The third-order valence-electron chi connectivity index (χ3n) is 5.38. The molecule has 0 aliphatic carbocycles. The molecular formula is C23H26N4OS. The van der Waals surface area contributed by atoms with Gasteiger partial charge in [0, 0.05) is 31.1 Å². The lowest BCUT2D eigenvalue weighted by molar-refractivity contribution is -0.120. The van der Waals surface area contributed by atoms with Crippen molar-refractivity contribution in [3.8, 4) is 0 Å². The molecule has 6 heteroatoms. The van der Waals surface area contributed by atoms with Gasteiger partial charge in [-0.2, -0.15) is 0 Å². The molecule has 1 saturated heterocycles. The van der Waals surface area contributed by atoms with E-state index in [1.807, 2.05) is 12.1 Å². The molecule has 2 heterocycles. The summed E-state index contributed by atoms with van der Waals surface area (Å²) < 4.78 is 0. The Hall–Kier alpha value is -2.73. The van der Waals surface area contributed by atoms with Crippen molar-refractivity contribution in [2.45, 2.75) is 32.1 Å². The Kier molecular flexibility index (Phi) is 6.52. The predicted octanol–water partition coefficient (Wildman–Crippen LogP) is 4.57. The summed E-state index contributed by atoms with van der Waals surface area (Å²) in [5.74, 6) is 0.116. The highest BCUT2D eigenvalue weighted by Gasteiger charge is 2.25. The van der Waals surface area contributed by atoms with Crippen LogP contribution in [0.1, 0.15) is 29.8 Å². The highest BCUT2D eigenvalue weighted by Crippen LogP contribution is 2.25. The maximum atomic E-state index is 12.6. The molecule has 1 fully saturated rings. The second kappa shape index (κ2) is 9.65. The van der Waals surface area contributed by atoms with Crippen molar-refractivity contribution in [2.24, 2.45) is 5.92 Å². The van der Waals surface area contributed by atoms with Crippen molar-refractivity contribution in [1.29, 1.82) is 0 Å². The molecule has 1 aromatic heterocycles. The van der Waals surface area contributed by atoms with E-state index in [4.69, 9.17) is 0 Å². The Morgan fingerprint density at radius 1 is 0.966 bits per heavy atom. The molecule has 0 saturated carbocycles. The van der Waals surface area contributed by atoms with Crippen molar-refractivity contribution in [2.75, 3.05) is 23.3 Å². The van der Waals surface area contributed by atoms with Crippen LogP contribution in [0.4, 0.5) is 10.8 Å². The van der Waals surface area contributed by atoms with Gasteiger partial charge >= 0.3 is 0 Å². The van der Waals surface area contributed by atoms with Gasteiger partial charge in [0.05, 0.1) is 0 Å². The number of rotatable bonds is 7. The number of aryl methyl sites for hydroxylation is 2. The summed E-state index contributed by atoms with van der Waals surface area (Å²) >= 11 is 1.49. The van der Waals surface area contributed by atoms with Crippen LogP contribution in [-0.4, -0.2) is 29.2 Å². The molecule has 0 atom stereocenters. The number of anilines is 2. The lowest BCUT2D eigenvalue weighted by Gasteiger charge is -2.32. The third kappa shape index (κ3) is 5.41. The second-order valence-electron chi connectivity index (χ2n) is 7.43. The molecule has 5 nitrogen and oxygen atoms in total. The molecule has 1 amide bonds. The molecule has 2 aromatic carbocycles. The van der Waals surface area contributed by atoms with Crippen LogP contribution in [0.2, 0.25) is 0 Å². The normalized spacial score (nSPS) is 14.7. The first-order chi connectivity index (χ1) is 14.3. The Labute approximate surface area is 175 Å². The molecule has 0 radical (unpaired) electrons. The van der Waals surface area contributed by atoms with Gasteiger partial charge in [-0.25, -0.2) is 0 Å². The number of nitrogens with one attached hydrogen (secondary N) is 1. The van der Waals surface area contributed by atoms with Gasteiger partial charge < -0.3 is 10.2 Å². The van der Waals surface area contributed by atoms with E-state index in [2.05, 4.69) is 68.9 Å². The van der Waals surface area contributed by atoms with Gasteiger partial charge in [0.15, 0.2) is 0 Å². The predicted molar refractivity (Wildman–Crippen MR) is 118 cm³/mol. The number of aromatic nitrogens is 2. The van der Waals surface area contributed by atoms with Crippen LogP contribution >= 0.6 is 11.3 Å². The van der Waals surface area contributed by atoms with Gasteiger partial charge in [0.2, 0.25) is 11.0 Å². The van der Waals surface area contributed by atoms with Crippen molar-refractivity contribution in [1.82, 2.24) is 10.2 Å². The minimum Gasteiger partial charge on any atom is -0.371 e. The standard InChI is InChI=1S/C23H26N4OS/c28-22(19-14-16-27(17-15-19)20-11-5-2-6-12-20)24-23-26-25-21(29-23)13-7-10-18-8-3-1-4-9-18/h1-6,8-9,11-12,19H,7,10,13-17H2,(H,24,26,28). The fourth-order valence-electron chi connectivity index (χ4n) is 3.74. The van der Waals surface area contributed by atoms with Gasteiger partial charge in [-0.15, -0.1) is 10.2 Å². The minimum atomic E-state index is 0.0420. The van der Waals surface area contributed by atoms with Crippen molar-refractivity contribution >= 4 is 28.1 Å². The summed E-state index contributed by atoms with van der Waals surface area (Å²) in [6.45, 7) is 1.81. The van der Waals surface area contributed by atoms with Gasteiger partial charge in [0.1, 0.15) is 5.01 Å². The maximum Gasteiger partial charge on any atom is 0.229 e. The van der Waals surface area contributed by atoms with E-state index in [1.54, 1.807) is 0 Å². The summed E-state index contributed by atoms with van der Waals surface area (Å²) in [5, 5.41) is 13.0. The zero-order chi connectivity index (χ0) is 19.9. The van der Waals surface area contributed by atoms with Crippen LogP contribution in [-0.2, 0) is 17.6 Å². The van der Waals surface area contributed by atoms with E-state index in [1.165, 1.54) is 22.6 Å². The van der Waals surface area contributed by atoms with Crippen molar-refractivity contribution < 1.29 is 4.79 Å². The number of nitrogens with zero attached hydrogens (tertiary/aromatic N) is 3. The molecule has 0 spiro atoms. The van der Waals surface area contributed by atoms with Crippen LogP contribution in [0.5, 0.6) is 0 Å². The number of hydrogen-bond donors (Lipinski definition) is 1. The summed E-state index contributed by atoms with van der Waals surface area (Å²) in [4.78, 5) is 15.0. The van der Waals surface area contributed by atoms with Crippen LogP contribution < -0.4 is 10.2 Å². The minimum absolute atomic E-state index is 0.0420. The molecule has 1 N–H and O–H groups in total. The van der Waals surface area contributed by atoms with Crippen molar-refractivity contribution in [3.05, 3.63) is 71.2 Å². The SMILES string of the molecule is O=C(Nc1nnc(CCCc2ccccc2)s1)C1CCN(c2ccccc2)CC1. The average molecular weight is 407 g/mol. The number of carbonyl (C=O) groups excluding carboxylic acids is 1. The highest BCUT2D eigenvalue weighted by atomic mass is 32.1. The number of hydrogen-bond acceptors (Lipinski definition) is 5. The van der Waals surface area contributed by atoms with E-state index < -0.39 is 0 Å². The van der Waals surface area contributed by atoms with E-state index in [0.29, 0.717) is 5.13 Å². The lowest BCUT2D eigenvalue weighted by atomic mass is 9.95. The van der Waals surface area contributed by atoms with Gasteiger partial charge in [0.25, 0.3) is 0 Å². The number of piperidine rings is 1. The summed E-state index contributed by atoms with van der Waals surface area (Å²) in [6.07, 6.45) is 4.68. The monoisotopic (exact) mass is 406 g/mol. The molecule has 0 unspecified atom stereocenters. The number of carbonyl (C=O) groups is 1. The summed E-state index contributed by atoms with van der Waals surface area (Å²) in [5.41, 5.74) is 2.57. The molecule has 0 bridgehead atoms. The van der Waals surface area contributed by atoms with Crippen LogP contribution in [0.3, 0.4) is 0 Å². The molecule has 3 aromatic rings. The summed E-state index contributed by atoms with van der Waals surface area (Å²) in [7, 11) is 0. The van der Waals surface area contributed by atoms with Crippen molar-refractivity contribution in [3.63, 3.8) is 0 Å². The Balaban J connectivity index is 1.22. The third-order valence-corrected chi connectivity index (χ3v) is 6.28. The van der Waals surface area contributed by atoms with E-state index in [-0.39, 0.29) is 11.8 Å². The van der Waals surface area contributed by atoms with Crippen LogP contribution in [0.15, 0.2) is 60.7 Å². The van der Waals surface area contributed by atoms with Crippen LogP contribution in [0, 0.1) is 5.92 Å². The Bertz CT molecular complexity index is 905. The first-order valence-electron chi connectivity index (χ1n) is 10.2. The molecular weight excluding hydrogens is 380 g/mol.